The number of rotatable bonds is 9. The first-order chi connectivity index (χ1) is 28.7. The minimum absolute atomic E-state index is 0.754. The van der Waals surface area contributed by atoms with E-state index in [-0.39, 0.29) is 0 Å². The molecule has 6 unspecified atom stereocenters. The van der Waals surface area contributed by atoms with Gasteiger partial charge in [-0.3, -0.25) is 0 Å². The number of nitrogens with zero attached hydrogens (tertiary/aromatic N) is 1. The Balaban J connectivity index is 0.835. The van der Waals surface area contributed by atoms with E-state index in [9.17, 15) is 0 Å². The van der Waals surface area contributed by atoms with Crippen molar-refractivity contribution >= 4 is 53.5 Å². The summed E-state index contributed by atoms with van der Waals surface area (Å²) in [6, 6.07) is 48.2. The topological polar surface area (TPSA) is 3.24 Å². The van der Waals surface area contributed by atoms with Crippen LogP contribution in [0.2, 0.25) is 0 Å². The molecular weight excluding hydrogens is 699 g/mol. The molecule has 12 rings (SSSR count). The summed E-state index contributed by atoms with van der Waals surface area (Å²) in [5.74, 6) is 4.62. The van der Waals surface area contributed by atoms with Crippen molar-refractivity contribution in [1.29, 1.82) is 0 Å². The normalized spacial score (nSPS) is 24.4. The zero-order valence-corrected chi connectivity index (χ0v) is 33.4. The lowest BCUT2D eigenvalue weighted by Gasteiger charge is -2.26. The fraction of sp³-hybridized carbons (Fsp3) is 0.263. The fourth-order valence-corrected chi connectivity index (χ4v) is 12.5. The highest BCUT2D eigenvalue weighted by Gasteiger charge is 2.39. The van der Waals surface area contributed by atoms with Crippen LogP contribution >= 0.6 is 0 Å². The molecule has 0 heterocycles. The van der Waals surface area contributed by atoms with E-state index < -0.39 is 0 Å². The number of hydrogen-bond donors (Lipinski definition) is 0. The largest absolute Gasteiger partial charge is 0.311 e. The summed E-state index contributed by atoms with van der Waals surface area (Å²) in [6.07, 6.45) is 26.2. The van der Waals surface area contributed by atoms with Gasteiger partial charge in [0.05, 0.1) is 0 Å². The zero-order valence-electron chi connectivity index (χ0n) is 33.4. The molecule has 6 aromatic rings. The lowest BCUT2D eigenvalue weighted by Crippen LogP contribution is -2.09. The lowest BCUT2D eigenvalue weighted by molar-refractivity contribution is 0.716. The van der Waals surface area contributed by atoms with Gasteiger partial charge in [-0.05, 0) is 196 Å². The minimum Gasteiger partial charge on any atom is -0.311 e. The van der Waals surface area contributed by atoms with Crippen molar-refractivity contribution in [3.8, 4) is 0 Å². The molecule has 0 radical (unpaired) electrons. The maximum Gasteiger partial charge on any atom is 0.0462 e. The van der Waals surface area contributed by atoms with E-state index in [1.54, 1.807) is 33.4 Å². The number of hydrogen-bond acceptors (Lipinski definition) is 1. The van der Waals surface area contributed by atoms with Crippen molar-refractivity contribution in [2.75, 3.05) is 4.90 Å². The summed E-state index contributed by atoms with van der Waals surface area (Å²) in [4.78, 5) is 2.40. The van der Waals surface area contributed by atoms with Crippen LogP contribution < -0.4 is 4.90 Å². The molecule has 6 aromatic carbocycles. The minimum atomic E-state index is 0.754. The standard InChI is InChI=1S/C57H51N/c1-4-40(55-46-25-22-43(34-46)52(55)7-1)19-10-37-13-28-49(29-14-37)58(50-30-15-38(16-31-50)11-20-41-5-2-8-53-44-23-26-47(35-44)56(41)53)51-32-17-39(18-33-51)12-21-42-6-3-9-54-45-24-27-48(36-45)57(42)54/h1-21,28-33,43-48H,22-27,34-36H2. The first kappa shape index (κ1) is 34.4. The molecule has 0 aliphatic heterocycles. The highest BCUT2D eigenvalue weighted by Crippen LogP contribution is 2.56. The van der Waals surface area contributed by atoms with E-state index in [0.717, 1.165) is 52.6 Å². The van der Waals surface area contributed by atoms with Gasteiger partial charge in [0, 0.05) is 17.1 Å². The summed E-state index contributed by atoms with van der Waals surface area (Å²) in [5.41, 5.74) is 21.1. The first-order valence-corrected chi connectivity index (χ1v) is 22.2. The van der Waals surface area contributed by atoms with Crippen LogP contribution in [0.5, 0.6) is 0 Å². The Hall–Kier alpha value is -5.66. The Kier molecular flexibility index (Phi) is 8.31. The molecule has 0 N–H and O–H groups in total. The Morgan fingerprint density at radius 3 is 0.914 bits per heavy atom. The van der Waals surface area contributed by atoms with Crippen LogP contribution in [-0.4, -0.2) is 0 Å². The molecule has 6 aliphatic rings. The molecule has 0 saturated heterocycles. The van der Waals surface area contributed by atoms with Gasteiger partial charge in [-0.15, -0.1) is 0 Å². The van der Waals surface area contributed by atoms with Crippen molar-refractivity contribution in [3.63, 3.8) is 0 Å². The maximum absolute atomic E-state index is 2.40. The van der Waals surface area contributed by atoms with E-state index in [0.29, 0.717) is 0 Å². The second-order valence-electron chi connectivity index (χ2n) is 18.3. The average Bonchev–Trinajstić information content (AvgIpc) is 4.16. The van der Waals surface area contributed by atoms with Crippen LogP contribution in [0.3, 0.4) is 0 Å². The van der Waals surface area contributed by atoms with Crippen LogP contribution in [0.25, 0.3) is 36.5 Å². The number of benzene rings is 6. The third-order valence-corrected chi connectivity index (χ3v) is 15.2. The van der Waals surface area contributed by atoms with Crippen LogP contribution in [-0.2, 0) is 0 Å². The Bertz CT molecular complexity index is 2330. The highest BCUT2D eigenvalue weighted by molar-refractivity contribution is 5.82. The van der Waals surface area contributed by atoms with Crippen molar-refractivity contribution in [2.24, 2.45) is 0 Å². The van der Waals surface area contributed by atoms with Gasteiger partial charge >= 0.3 is 0 Å². The third-order valence-electron chi connectivity index (χ3n) is 15.2. The summed E-state index contributed by atoms with van der Waals surface area (Å²) >= 11 is 0. The molecule has 1 heteroatoms. The van der Waals surface area contributed by atoms with Crippen molar-refractivity contribution in [3.05, 3.63) is 194 Å². The molecule has 3 saturated carbocycles. The van der Waals surface area contributed by atoms with Crippen LogP contribution in [0, 0.1) is 0 Å². The quantitative estimate of drug-likeness (QED) is 0.133. The lowest BCUT2D eigenvalue weighted by atomic mass is 9.88. The van der Waals surface area contributed by atoms with E-state index >= 15 is 0 Å². The molecule has 284 valence electrons. The molecule has 1 nitrogen and oxygen atoms in total. The van der Waals surface area contributed by atoms with Crippen molar-refractivity contribution in [1.82, 2.24) is 0 Å². The summed E-state index contributed by atoms with van der Waals surface area (Å²) in [6.45, 7) is 0. The SMILES string of the molecule is C(=Cc1cccc2c1C1CCC2C1)c1ccc(N(c2ccc(C=Cc3cccc4c3C3CCC4C3)cc2)c2ccc(C=Cc3cccc4c3C3CCC4C3)cc2)cc1. The zero-order chi connectivity index (χ0) is 38.2. The molecule has 6 bridgehead atoms. The fourth-order valence-electron chi connectivity index (χ4n) is 12.5. The predicted octanol–water partition coefficient (Wildman–Crippen LogP) is 15.8. The molecular formula is C57H51N. The Morgan fingerprint density at radius 2 is 0.603 bits per heavy atom. The van der Waals surface area contributed by atoms with Crippen LogP contribution in [0.15, 0.2) is 127 Å². The van der Waals surface area contributed by atoms with E-state index in [4.69, 9.17) is 0 Å². The first-order valence-electron chi connectivity index (χ1n) is 22.2. The van der Waals surface area contributed by atoms with Gasteiger partial charge in [-0.1, -0.05) is 127 Å². The maximum atomic E-state index is 2.40. The van der Waals surface area contributed by atoms with Gasteiger partial charge < -0.3 is 4.90 Å². The smallest absolute Gasteiger partial charge is 0.0462 e. The third kappa shape index (κ3) is 5.88. The van der Waals surface area contributed by atoms with Gasteiger partial charge in [0.15, 0.2) is 0 Å². The molecule has 0 spiro atoms. The summed E-state index contributed by atoms with van der Waals surface area (Å²) < 4.78 is 0. The second kappa shape index (κ2) is 14.0. The van der Waals surface area contributed by atoms with Gasteiger partial charge in [0.1, 0.15) is 0 Å². The van der Waals surface area contributed by atoms with E-state index in [1.807, 2.05) is 0 Å². The molecule has 0 amide bonds. The molecule has 3 fully saturated rings. The summed E-state index contributed by atoms with van der Waals surface area (Å²) in [7, 11) is 0. The molecule has 6 aliphatic carbocycles. The Morgan fingerprint density at radius 1 is 0.310 bits per heavy atom. The predicted molar refractivity (Wildman–Crippen MR) is 245 cm³/mol. The van der Waals surface area contributed by atoms with Crippen molar-refractivity contribution < 1.29 is 0 Å². The highest BCUT2D eigenvalue weighted by atomic mass is 15.1. The van der Waals surface area contributed by atoms with Gasteiger partial charge in [0.2, 0.25) is 0 Å². The monoisotopic (exact) mass is 749 g/mol. The molecule has 58 heavy (non-hydrogen) atoms. The number of fused-ring (bicyclic) bond motifs is 15. The second-order valence-corrected chi connectivity index (χ2v) is 18.3. The number of anilines is 3. The van der Waals surface area contributed by atoms with Gasteiger partial charge in [0.25, 0.3) is 0 Å². The van der Waals surface area contributed by atoms with E-state index in [1.165, 1.54) is 91.2 Å². The molecule has 6 atom stereocenters. The molecule has 0 aromatic heterocycles. The van der Waals surface area contributed by atoms with Gasteiger partial charge in [-0.25, -0.2) is 0 Å². The van der Waals surface area contributed by atoms with E-state index in [2.05, 4.69) is 169 Å². The Labute approximate surface area is 344 Å². The summed E-state index contributed by atoms with van der Waals surface area (Å²) in [5, 5.41) is 0. The van der Waals surface area contributed by atoms with Crippen LogP contribution in [0.1, 0.15) is 160 Å². The average molecular weight is 750 g/mol. The van der Waals surface area contributed by atoms with Crippen LogP contribution in [0.4, 0.5) is 17.1 Å². The van der Waals surface area contributed by atoms with Crippen molar-refractivity contribution in [2.45, 2.75) is 93.3 Å². The van der Waals surface area contributed by atoms with Gasteiger partial charge in [-0.2, -0.15) is 0 Å².